The average Bonchev–Trinajstić information content (AvgIpc) is 3.74. The Hall–Kier alpha value is -6.17. The van der Waals surface area contributed by atoms with E-state index < -0.39 is 0 Å². The van der Waals surface area contributed by atoms with Gasteiger partial charge in [-0.05, 0) is 112 Å². The number of para-hydroxylation sites is 3. The SMILES string of the molecule is OCc1ccc(N(c2ccc(-c3nc4ccccc4o3)cc2)c2ccc3cc(-c4ccc5oc6ccccc6c5c4)ccc3c2)cc1. The van der Waals surface area contributed by atoms with Gasteiger partial charge in [-0.25, -0.2) is 4.98 Å². The highest BCUT2D eigenvalue weighted by Gasteiger charge is 2.16. The molecule has 0 amide bonds. The van der Waals surface area contributed by atoms with Crippen molar-refractivity contribution in [3.63, 3.8) is 0 Å². The van der Waals surface area contributed by atoms with Crippen LogP contribution in [0.25, 0.3) is 66.4 Å². The molecule has 1 N–H and O–H groups in total. The summed E-state index contributed by atoms with van der Waals surface area (Å²) in [5.41, 5.74) is 10.5. The van der Waals surface area contributed by atoms with Gasteiger partial charge in [0.1, 0.15) is 16.7 Å². The van der Waals surface area contributed by atoms with E-state index in [-0.39, 0.29) is 6.61 Å². The van der Waals surface area contributed by atoms with Gasteiger partial charge in [0.2, 0.25) is 5.89 Å². The first-order valence-electron chi connectivity index (χ1n) is 15.6. The Morgan fingerprint density at radius 3 is 1.91 bits per heavy atom. The van der Waals surface area contributed by atoms with Gasteiger partial charge >= 0.3 is 0 Å². The van der Waals surface area contributed by atoms with Crippen LogP contribution in [0, 0.1) is 0 Å². The number of fused-ring (bicyclic) bond motifs is 5. The largest absolute Gasteiger partial charge is 0.456 e. The summed E-state index contributed by atoms with van der Waals surface area (Å²) in [6.07, 6.45) is 0. The van der Waals surface area contributed by atoms with Crippen LogP contribution in [0.4, 0.5) is 17.1 Å². The fourth-order valence-electron chi connectivity index (χ4n) is 6.40. The smallest absolute Gasteiger partial charge is 0.227 e. The lowest BCUT2D eigenvalue weighted by molar-refractivity contribution is 0.282. The van der Waals surface area contributed by atoms with Crippen molar-refractivity contribution in [2.75, 3.05) is 4.90 Å². The fraction of sp³-hybridized carbons (Fsp3) is 0.0238. The van der Waals surface area contributed by atoms with Gasteiger partial charge in [0.15, 0.2) is 5.58 Å². The standard InChI is InChI=1S/C42H28N2O3/c45-26-27-9-17-33(18-10-27)44(34-19-13-28(14-20-34)42-43-38-6-2-4-8-41(38)47-42)35-21-15-30-23-29(11-12-31(30)24-35)32-16-22-40-37(25-32)36-5-1-3-7-39(36)46-40/h1-25,45H,26H2. The van der Waals surface area contributed by atoms with Gasteiger partial charge in [-0.1, -0.05) is 66.7 Å². The molecular formula is C42H28N2O3. The van der Waals surface area contributed by atoms with Crippen LogP contribution in [0.1, 0.15) is 5.56 Å². The summed E-state index contributed by atoms with van der Waals surface area (Å²) in [6.45, 7) is 0.00153. The Kier molecular flexibility index (Phi) is 6.37. The maximum atomic E-state index is 9.67. The lowest BCUT2D eigenvalue weighted by Gasteiger charge is -2.26. The molecule has 0 radical (unpaired) electrons. The van der Waals surface area contributed by atoms with E-state index in [1.165, 1.54) is 0 Å². The van der Waals surface area contributed by atoms with Crippen LogP contribution >= 0.6 is 0 Å². The van der Waals surface area contributed by atoms with Crippen LogP contribution in [0.5, 0.6) is 0 Å². The molecule has 2 aromatic heterocycles. The van der Waals surface area contributed by atoms with E-state index in [0.717, 1.165) is 83.1 Å². The predicted octanol–water partition coefficient (Wildman–Crippen LogP) is 11.2. The molecule has 0 saturated heterocycles. The second-order valence-electron chi connectivity index (χ2n) is 11.7. The molecule has 47 heavy (non-hydrogen) atoms. The number of oxazole rings is 1. The highest BCUT2D eigenvalue weighted by molar-refractivity contribution is 6.06. The minimum absolute atomic E-state index is 0.00153. The molecule has 0 fully saturated rings. The molecule has 9 aromatic rings. The van der Waals surface area contributed by atoms with Gasteiger partial charge in [-0.3, -0.25) is 0 Å². The summed E-state index contributed by atoms with van der Waals surface area (Å²) in [7, 11) is 0. The molecule has 0 spiro atoms. The first kappa shape index (κ1) is 27.2. The molecule has 0 saturated carbocycles. The molecule has 0 unspecified atom stereocenters. The summed E-state index contributed by atoms with van der Waals surface area (Å²) in [5.74, 6) is 0.596. The molecule has 0 bridgehead atoms. The molecule has 2 heterocycles. The number of hydrogen-bond acceptors (Lipinski definition) is 5. The van der Waals surface area contributed by atoms with Crippen LogP contribution in [0.3, 0.4) is 0 Å². The molecule has 0 atom stereocenters. The van der Waals surface area contributed by atoms with Crippen LogP contribution in [0.15, 0.2) is 160 Å². The third-order valence-corrected chi connectivity index (χ3v) is 8.84. The molecule has 0 aliphatic heterocycles. The molecule has 9 rings (SSSR count). The van der Waals surface area contributed by atoms with Gasteiger partial charge in [0, 0.05) is 33.4 Å². The molecule has 0 aliphatic carbocycles. The van der Waals surface area contributed by atoms with Crippen molar-refractivity contribution in [1.82, 2.24) is 4.98 Å². The van der Waals surface area contributed by atoms with E-state index in [4.69, 9.17) is 8.83 Å². The molecule has 7 aromatic carbocycles. The van der Waals surface area contributed by atoms with Crippen LogP contribution < -0.4 is 4.90 Å². The second-order valence-corrected chi connectivity index (χ2v) is 11.7. The summed E-state index contributed by atoms with van der Waals surface area (Å²) in [5, 5.41) is 14.2. The van der Waals surface area contributed by atoms with Crippen LogP contribution in [-0.4, -0.2) is 10.1 Å². The van der Waals surface area contributed by atoms with Crippen molar-refractivity contribution in [3.8, 4) is 22.6 Å². The number of furan rings is 1. The Bertz CT molecular complexity index is 2530. The van der Waals surface area contributed by atoms with Gasteiger partial charge in [-0.2, -0.15) is 0 Å². The molecule has 0 aliphatic rings. The lowest BCUT2D eigenvalue weighted by Crippen LogP contribution is -2.10. The van der Waals surface area contributed by atoms with Crippen molar-refractivity contribution in [2.24, 2.45) is 0 Å². The van der Waals surface area contributed by atoms with Crippen molar-refractivity contribution in [3.05, 3.63) is 157 Å². The summed E-state index contributed by atoms with van der Waals surface area (Å²) < 4.78 is 12.1. The third-order valence-electron chi connectivity index (χ3n) is 8.84. The summed E-state index contributed by atoms with van der Waals surface area (Å²) >= 11 is 0. The topological polar surface area (TPSA) is 62.6 Å². The van der Waals surface area contributed by atoms with E-state index in [1.54, 1.807) is 0 Å². The van der Waals surface area contributed by atoms with E-state index in [2.05, 4.69) is 82.7 Å². The maximum Gasteiger partial charge on any atom is 0.227 e. The zero-order chi connectivity index (χ0) is 31.3. The third kappa shape index (κ3) is 4.81. The maximum absolute atomic E-state index is 9.67. The Morgan fingerprint density at radius 2 is 1.11 bits per heavy atom. The Labute approximate surface area is 270 Å². The number of aliphatic hydroxyl groups is 1. The van der Waals surface area contributed by atoms with E-state index in [9.17, 15) is 5.11 Å². The first-order chi connectivity index (χ1) is 23.2. The number of anilines is 3. The number of rotatable bonds is 6. The predicted molar refractivity (Wildman–Crippen MR) is 190 cm³/mol. The highest BCUT2D eigenvalue weighted by Crippen LogP contribution is 2.39. The molecule has 224 valence electrons. The van der Waals surface area contributed by atoms with Gasteiger partial charge in [0.05, 0.1) is 6.61 Å². The zero-order valence-corrected chi connectivity index (χ0v) is 25.3. The van der Waals surface area contributed by atoms with Crippen LogP contribution in [-0.2, 0) is 6.61 Å². The number of nitrogens with zero attached hydrogens (tertiary/aromatic N) is 2. The number of aromatic nitrogens is 1. The fourth-order valence-corrected chi connectivity index (χ4v) is 6.40. The van der Waals surface area contributed by atoms with Crippen molar-refractivity contribution >= 4 is 60.9 Å². The Balaban J connectivity index is 1.09. The van der Waals surface area contributed by atoms with Gasteiger partial charge in [0.25, 0.3) is 0 Å². The number of benzene rings is 7. The van der Waals surface area contributed by atoms with E-state index in [0.29, 0.717) is 5.89 Å². The first-order valence-corrected chi connectivity index (χ1v) is 15.6. The molecular weight excluding hydrogens is 580 g/mol. The average molecular weight is 609 g/mol. The van der Waals surface area contributed by atoms with Gasteiger partial charge < -0.3 is 18.8 Å². The normalized spacial score (nSPS) is 11.6. The molecule has 5 heteroatoms. The van der Waals surface area contributed by atoms with Crippen molar-refractivity contribution in [1.29, 1.82) is 0 Å². The van der Waals surface area contributed by atoms with E-state index in [1.807, 2.05) is 78.9 Å². The lowest BCUT2D eigenvalue weighted by atomic mass is 9.99. The zero-order valence-electron chi connectivity index (χ0n) is 25.3. The second kappa shape index (κ2) is 11.0. The summed E-state index contributed by atoms with van der Waals surface area (Å²) in [6, 6.07) is 51.9. The summed E-state index contributed by atoms with van der Waals surface area (Å²) in [4.78, 5) is 6.90. The number of aliphatic hydroxyl groups excluding tert-OH is 1. The highest BCUT2D eigenvalue weighted by atomic mass is 16.3. The van der Waals surface area contributed by atoms with Gasteiger partial charge in [-0.15, -0.1) is 0 Å². The van der Waals surface area contributed by atoms with Crippen molar-refractivity contribution < 1.29 is 13.9 Å². The molecule has 5 nitrogen and oxygen atoms in total. The minimum atomic E-state index is 0.00153. The Morgan fingerprint density at radius 1 is 0.489 bits per heavy atom. The monoisotopic (exact) mass is 608 g/mol. The van der Waals surface area contributed by atoms with Crippen molar-refractivity contribution in [2.45, 2.75) is 6.61 Å². The minimum Gasteiger partial charge on any atom is -0.456 e. The number of hydrogen-bond donors (Lipinski definition) is 1. The van der Waals surface area contributed by atoms with Crippen LogP contribution in [0.2, 0.25) is 0 Å². The van der Waals surface area contributed by atoms with E-state index >= 15 is 0 Å². The quantitative estimate of drug-likeness (QED) is 0.203.